The Balaban J connectivity index is 4.51. The Bertz CT molecular complexity index is 1360. The van der Waals surface area contributed by atoms with E-state index in [1.54, 1.807) is 36.5 Å². The van der Waals surface area contributed by atoms with Gasteiger partial charge in [-0.2, -0.15) is 0 Å². The van der Waals surface area contributed by atoms with Gasteiger partial charge in [0.1, 0.15) is 6.61 Å². The van der Waals surface area contributed by atoms with Gasteiger partial charge in [0.25, 0.3) is 0 Å². The minimum atomic E-state index is -4.44. The van der Waals surface area contributed by atoms with Crippen molar-refractivity contribution in [3.8, 4) is 0 Å². The molecule has 12 heteroatoms. The molecule has 11 nitrogen and oxygen atoms in total. The molecule has 1 unspecified atom stereocenters. The molecule has 0 aliphatic carbocycles. The Kier molecular flexibility index (Phi) is 38.9. The van der Waals surface area contributed by atoms with Crippen molar-refractivity contribution >= 4 is 19.8 Å². The summed E-state index contributed by atoms with van der Waals surface area (Å²) in [5.41, 5.74) is 5.33. The van der Waals surface area contributed by atoms with E-state index in [-0.39, 0.29) is 32.6 Å². The van der Waals surface area contributed by atoms with Gasteiger partial charge >= 0.3 is 19.8 Å². The number of unbranched alkanes of at least 4 members (excludes halogenated alkanes) is 7. The molecular weight excluding hydrogens is 769 g/mol. The first-order valence-electron chi connectivity index (χ1n) is 21.6. The summed E-state index contributed by atoms with van der Waals surface area (Å²) < 4.78 is 32.5. The van der Waals surface area contributed by atoms with E-state index in [1.807, 2.05) is 49.5 Å². The van der Waals surface area contributed by atoms with Crippen molar-refractivity contribution in [1.29, 1.82) is 0 Å². The number of esters is 2. The summed E-state index contributed by atoms with van der Waals surface area (Å²) >= 11 is 0. The predicted octanol–water partition coefficient (Wildman–Crippen LogP) is 10.3. The number of ether oxygens (including phenoxy) is 2. The van der Waals surface area contributed by atoms with Crippen LogP contribution in [0.5, 0.6) is 0 Å². The van der Waals surface area contributed by atoms with Crippen LogP contribution in [0.3, 0.4) is 0 Å². The summed E-state index contributed by atoms with van der Waals surface area (Å²) in [7, 11) is -4.44. The van der Waals surface area contributed by atoms with Gasteiger partial charge in [-0.1, -0.05) is 155 Å². The Labute approximate surface area is 355 Å². The molecule has 0 saturated carbocycles. The highest BCUT2D eigenvalue weighted by Gasteiger charge is 2.25. The van der Waals surface area contributed by atoms with Crippen molar-refractivity contribution < 1.29 is 47.8 Å². The highest BCUT2D eigenvalue weighted by Crippen LogP contribution is 2.43. The second kappa shape index (κ2) is 41.3. The Morgan fingerprint density at radius 2 is 1.15 bits per heavy atom. The SMILES string of the molecule is CC/C=C\C[C@H](O)/C=C/C=C\C=C\[C@H](O)C/C=C\C/C=C\CCC(=O)O[C@H](COC(=O)CCC/C=C\C/C=C\C/C=C\CCCCCCCC)COP(=O)(O)OCCN. The molecule has 0 amide bonds. The summed E-state index contributed by atoms with van der Waals surface area (Å²) in [4.78, 5) is 34.8. The van der Waals surface area contributed by atoms with E-state index in [9.17, 15) is 29.3 Å². The van der Waals surface area contributed by atoms with Gasteiger partial charge < -0.3 is 30.3 Å². The van der Waals surface area contributed by atoms with Crippen molar-refractivity contribution in [2.24, 2.45) is 5.73 Å². The van der Waals surface area contributed by atoms with Crippen LogP contribution in [-0.4, -0.2) is 71.7 Å². The molecule has 5 N–H and O–H groups in total. The summed E-state index contributed by atoms with van der Waals surface area (Å²) in [5.74, 6) is -1.07. The van der Waals surface area contributed by atoms with Gasteiger partial charge in [0, 0.05) is 19.4 Å². The number of hydrogen-bond donors (Lipinski definition) is 4. The first kappa shape index (κ1) is 55.6. The van der Waals surface area contributed by atoms with Crippen LogP contribution < -0.4 is 5.73 Å². The summed E-state index contributed by atoms with van der Waals surface area (Å²) in [6.45, 7) is 3.24. The van der Waals surface area contributed by atoms with Gasteiger partial charge in [0.15, 0.2) is 6.10 Å². The van der Waals surface area contributed by atoms with Crippen molar-refractivity contribution in [3.63, 3.8) is 0 Å². The molecule has 0 aliphatic rings. The number of phosphoric ester groups is 1. The zero-order valence-corrected chi connectivity index (χ0v) is 36.8. The van der Waals surface area contributed by atoms with Gasteiger partial charge in [0.2, 0.25) is 0 Å². The van der Waals surface area contributed by atoms with Gasteiger partial charge in [-0.25, -0.2) is 4.57 Å². The van der Waals surface area contributed by atoms with Gasteiger partial charge in [0.05, 0.1) is 25.4 Å². The molecule has 0 saturated heterocycles. The number of carbonyl (C=O) groups excluding carboxylic acids is 2. The van der Waals surface area contributed by atoms with Crippen molar-refractivity contribution in [3.05, 3.63) is 109 Å². The average molecular weight is 846 g/mol. The molecule has 59 heavy (non-hydrogen) atoms. The van der Waals surface area contributed by atoms with E-state index < -0.39 is 44.7 Å². The minimum absolute atomic E-state index is 0.0110. The molecule has 0 aromatic rings. The molecule has 0 aromatic heterocycles. The summed E-state index contributed by atoms with van der Waals surface area (Å²) in [5, 5.41) is 20.0. The van der Waals surface area contributed by atoms with Gasteiger partial charge in [-0.3, -0.25) is 18.6 Å². The van der Waals surface area contributed by atoms with Crippen LogP contribution in [0.1, 0.15) is 129 Å². The number of carbonyl (C=O) groups is 2. The lowest BCUT2D eigenvalue weighted by molar-refractivity contribution is -0.161. The zero-order chi connectivity index (χ0) is 43.5. The molecule has 0 bridgehead atoms. The fraction of sp³-hybridized carbons (Fsp3) is 0.574. The third kappa shape index (κ3) is 41.1. The van der Waals surface area contributed by atoms with Crippen LogP contribution in [0, 0.1) is 0 Å². The van der Waals surface area contributed by atoms with Crippen LogP contribution in [0.2, 0.25) is 0 Å². The van der Waals surface area contributed by atoms with E-state index in [0.717, 1.165) is 25.7 Å². The number of hydrogen-bond acceptors (Lipinski definition) is 10. The monoisotopic (exact) mass is 846 g/mol. The zero-order valence-electron chi connectivity index (χ0n) is 35.9. The highest BCUT2D eigenvalue weighted by atomic mass is 31.2. The molecule has 0 aliphatic heterocycles. The normalized spacial score (nSPS) is 15.4. The van der Waals surface area contributed by atoms with Gasteiger partial charge in [-0.15, -0.1) is 0 Å². The predicted molar refractivity (Wildman–Crippen MR) is 240 cm³/mol. The number of rotatable bonds is 38. The second-order valence-corrected chi connectivity index (χ2v) is 15.3. The minimum Gasteiger partial charge on any atom is -0.462 e. The molecule has 4 atom stereocenters. The Morgan fingerprint density at radius 1 is 0.610 bits per heavy atom. The number of phosphoric acid groups is 1. The van der Waals surface area contributed by atoms with Crippen LogP contribution in [0.4, 0.5) is 0 Å². The maximum absolute atomic E-state index is 12.6. The number of allylic oxidation sites excluding steroid dienone is 14. The smallest absolute Gasteiger partial charge is 0.462 e. The van der Waals surface area contributed by atoms with Gasteiger partial charge in [-0.05, 0) is 70.6 Å². The molecule has 0 spiro atoms. The Hall–Kier alpha value is -3.41. The molecule has 0 aromatic carbocycles. The van der Waals surface area contributed by atoms with E-state index >= 15 is 0 Å². The third-order valence-corrected chi connectivity index (χ3v) is 9.31. The van der Waals surface area contributed by atoms with Crippen LogP contribution in [-0.2, 0) is 32.7 Å². The van der Waals surface area contributed by atoms with E-state index in [1.165, 1.54) is 38.5 Å². The van der Waals surface area contributed by atoms with E-state index in [0.29, 0.717) is 38.5 Å². The van der Waals surface area contributed by atoms with Crippen LogP contribution in [0.25, 0.3) is 0 Å². The molecule has 0 rings (SSSR count). The lowest BCUT2D eigenvalue weighted by Crippen LogP contribution is -2.29. The Morgan fingerprint density at radius 3 is 1.76 bits per heavy atom. The number of nitrogens with two attached hydrogens (primary N) is 1. The summed E-state index contributed by atoms with van der Waals surface area (Å²) in [6, 6.07) is 0. The summed E-state index contributed by atoms with van der Waals surface area (Å²) in [6.07, 6.45) is 47.8. The molecule has 0 heterocycles. The first-order valence-corrected chi connectivity index (χ1v) is 23.1. The van der Waals surface area contributed by atoms with Crippen molar-refractivity contribution in [2.45, 2.75) is 148 Å². The standard InChI is InChI=1S/C47H76NO10P/c1-3-5-7-8-9-10-11-12-13-14-15-16-17-18-19-23-31-37-46(51)55-41-45(42-57-59(53,54)56-40-39-48)58-47(52)38-32-24-21-20-22-28-34-44(50)36-30-26-25-29-35-43(49)33-27-6-4-2/h6,12-13,15-16,18-19,21-22,24-30,35-36,43-45,49-50H,3-5,7-11,14,17,20,23,31-34,37-42,48H2,1-2H3,(H,53,54)/b13-12-,16-15-,19-18-,24-21-,26-25-,27-6-,28-22-,35-29+,36-30+/t43-,44+,45+/m0/s1. The third-order valence-electron chi connectivity index (χ3n) is 8.32. The maximum Gasteiger partial charge on any atom is 0.472 e. The molecule has 0 radical (unpaired) electrons. The average Bonchev–Trinajstić information content (AvgIpc) is 3.21. The van der Waals surface area contributed by atoms with E-state index in [2.05, 4.69) is 37.3 Å². The number of aliphatic hydroxyl groups excluding tert-OH is 2. The van der Waals surface area contributed by atoms with Crippen molar-refractivity contribution in [2.75, 3.05) is 26.4 Å². The van der Waals surface area contributed by atoms with Crippen LogP contribution >= 0.6 is 7.82 Å². The van der Waals surface area contributed by atoms with Crippen molar-refractivity contribution in [1.82, 2.24) is 0 Å². The molecule has 0 fully saturated rings. The molecule has 334 valence electrons. The highest BCUT2D eigenvalue weighted by molar-refractivity contribution is 7.47. The van der Waals surface area contributed by atoms with E-state index in [4.69, 9.17) is 24.3 Å². The fourth-order valence-electron chi connectivity index (χ4n) is 5.08. The fourth-order valence-corrected chi connectivity index (χ4v) is 5.85. The maximum atomic E-state index is 12.6. The topological polar surface area (TPSA) is 175 Å². The molecular formula is C47H76NO10P. The second-order valence-electron chi connectivity index (χ2n) is 13.9. The quantitative estimate of drug-likeness (QED) is 0.0153. The largest absolute Gasteiger partial charge is 0.472 e. The lowest BCUT2D eigenvalue weighted by atomic mass is 10.1. The number of aliphatic hydroxyl groups is 2. The first-order chi connectivity index (χ1) is 28.6. The lowest BCUT2D eigenvalue weighted by Gasteiger charge is -2.19. The van der Waals surface area contributed by atoms with Crippen LogP contribution in [0.15, 0.2) is 109 Å².